The Morgan fingerprint density at radius 3 is 2.12 bits per heavy atom. The van der Waals surface area contributed by atoms with Gasteiger partial charge in [0.25, 0.3) is 0 Å². The number of aliphatic hydroxyl groups excluding tert-OH is 1. The van der Waals surface area contributed by atoms with Gasteiger partial charge in [-0.1, -0.05) is 64.5 Å². The van der Waals surface area contributed by atoms with Gasteiger partial charge in [0, 0.05) is 23.2 Å². The highest BCUT2D eigenvalue weighted by Gasteiger charge is 2.14. The third-order valence-electron chi connectivity index (χ3n) is 4.02. The van der Waals surface area contributed by atoms with Crippen molar-refractivity contribution in [2.24, 2.45) is 0 Å². The third-order valence-corrected chi connectivity index (χ3v) is 4.55. The lowest BCUT2D eigenvalue weighted by Crippen LogP contribution is -2.35. The fraction of sp³-hybridized carbons (Fsp3) is 0.182. The maximum Gasteiger partial charge on any atom is 0.119 e. The van der Waals surface area contributed by atoms with Crippen molar-refractivity contribution in [2.75, 3.05) is 18.1 Å². The average Bonchev–Trinajstić information content (AvgIpc) is 2.68. The average molecular weight is 412 g/mol. The number of halogens is 1. The van der Waals surface area contributed by atoms with Gasteiger partial charge in [-0.2, -0.15) is 0 Å². The summed E-state index contributed by atoms with van der Waals surface area (Å²) in [5.41, 5.74) is 2.29. The van der Waals surface area contributed by atoms with E-state index in [1.54, 1.807) is 0 Å². The zero-order valence-electron chi connectivity index (χ0n) is 14.5. The fourth-order valence-corrected chi connectivity index (χ4v) is 3.00. The summed E-state index contributed by atoms with van der Waals surface area (Å²) in [6.45, 7) is 1.48. The predicted octanol–water partition coefficient (Wildman–Crippen LogP) is 4.90. The van der Waals surface area contributed by atoms with E-state index >= 15 is 0 Å². The van der Waals surface area contributed by atoms with E-state index in [-0.39, 0.29) is 6.61 Å². The summed E-state index contributed by atoms with van der Waals surface area (Å²) < 4.78 is 6.72. The van der Waals surface area contributed by atoms with Crippen LogP contribution in [-0.4, -0.2) is 24.4 Å². The van der Waals surface area contributed by atoms with Crippen molar-refractivity contribution >= 4 is 21.6 Å². The van der Waals surface area contributed by atoms with Crippen LogP contribution in [0, 0.1) is 0 Å². The van der Waals surface area contributed by atoms with Crippen molar-refractivity contribution < 1.29 is 9.84 Å². The molecule has 0 radical (unpaired) electrons. The van der Waals surface area contributed by atoms with Gasteiger partial charge in [0.1, 0.15) is 18.5 Å². The molecule has 0 amide bonds. The molecule has 0 aliphatic rings. The van der Waals surface area contributed by atoms with Crippen molar-refractivity contribution in [3.63, 3.8) is 0 Å². The van der Waals surface area contributed by atoms with Crippen molar-refractivity contribution in [1.82, 2.24) is 0 Å². The normalized spacial score (nSPS) is 11.8. The van der Waals surface area contributed by atoms with E-state index < -0.39 is 6.10 Å². The topological polar surface area (TPSA) is 32.7 Å². The van der Waals surface area contributed by atoms with Gasteiger partial charge in [-0.05, 0) is 42.0 Å². The summed E-state index contributed by atoms with van der Waals surface area (Å²) in [5.74, 6) is 0.751. The summed E-state index contributed by atoms with van der Waals surface area (Å²) in [5, 5.41) is 10.5. The molecule has 3 aromatic rings. The Balaban J connectivity index is 1.63. The quantitative estimate of drug-likeness (QED) is 0.572. The highest BCUT2D eigenvalue weighted by molar-refractivity contribution is 9.10. The van der Waals surface area contributed by atoms with E-state index in [9.17, 15) is 5.11 Å². The highest BCUT2D eigenvalue weighted by Crippen LogP contribution is 2.19. The molecule has 0 aliphatic carbocycles. The smallest absolute Gasteiger partial charge is 0.119 e. The molecule has 0 heterocycles. The van der Waals surface area contributed by atoms with E-state index in [4.69, 9.17) is 4.74 Å². The first-order chi connectivity index (χ1) is 12.7. The summed E-state index contributed by atoms with van der Waals surface area (Å²) in [7, 11) is 0. The van der Waals surface area contributed by atoms with E-state index in [0.29, 0.717) is 6.54 Å². The molecule has 0 aromatic heterocycles. The van der Waals surface area contributed by atoms with Crippen LogP contribution in [0.15, 0.2) is 89.4 Å². The zero-order chi connectivity index (χ0) is 18.2. The SMILES string of the molecule is O[C@@H](COc1ccc(Br)cc1)CN(Cc1ccccc1)c1ccccc1. The van der Waals surface area contributed by atoms with Crippen LogP contribution in [0.5, 0.6) is 5.75 Å². The van der Waals surface area contributed by atoms with Crippen LogP contribution in [0.4, 0.5) is 5.69 Å². The number of benzene rings is 3. The van der Waals surface area contributed by atoms with Gasteiger partial charge >= 0.3 is 0 Å². The van der Waals surface area contributed by atoms with E-state index in [1.165, 1.54) is 5.56 Å². The largest absolute Gasteiger partial charge is 0.491 e. The molecule has 0 saturated carbocycles. The van der Waals surface area contributed by atoms with Gasteiger partial charge in [0.05, 0.1) is 0 Å². The molecule has 1 N–H and O–H groups in total. The van der Waals surface area contributed by atoms with E-state index in [2.05, 4.69) is 45.1 Å². The van der Waals surface area contributed by atoms with Crippen molar-refractivity contribution in [3.8, 4) is 5.75 Å². The van der Waals surface area contributed by atoms with Crippen LogP contribution < -0.4 is 9.64 Å². The minimum Gasteiger partial charge on any atom is -0.491 e. The molecule has 4 heteroatoms. The van der Waals surface area contributed by atoms with Gasteiger partial charge < -0.3 is 14.7 Å². The molecular formula is C22H22BrNO2. The second-order valence-electron chi connectivity index (χ2n) is 6.12. The standard InChI is InChI=1S/C22H22BrNO2/c23-19-11-13-22(14-12-19)26-17-21(25)16-24(20-9-5-2-6-10-20)15-18-7-3-1-4-8-18/h1-14,21,25H,15-17H2/t21-/m1/s1. The predicted molar refractivity (Wildman–Crippen MR) is 110 cm³/mol. The van der Waals surface area contributed by atoms with Crippen molar-refractivity contribution in [1.29, 1.82) is 0 Å². The van der Waals surface area contributed by atoms with Gasteiger partial charge in [-0.3, -0.25) is 0 Å². The Morgan fingerprint density at radius 1 is 0.846 bits per heavy atom. The lowest BCUT2D eigenvalue weighted by atomic mass is 10.2. The number of aliphatic hydroxyl groups is 1. The van der Waals surface area contributed by atoms with Crippen LogP contribution in [-0.2, 0) is 6.54 Å². The highest BCUT2D eigenvalue weighted by atomic mass is 79.9. The molecule has 0 unspecified atom stereocenters. The molecule has 0 saturated heterocycles. The first-order valence-corrected chi connectivity index (χ1v) is 9.40. The maximum absolute atomic E-state index is 10.5. The number of rotatable bonds is 8. The molecule has 0 bridgehead atoms. The molecule has 0 aliphatic heterocycles. The Hall–Kier alpha value is -2.30. The minimum atomic E-state index is -0.595. The van der Waals surface area contributed by atoms with Crippen molar-refractivity contribution in [2.45, 2.75) is 12.6 Å². The molecular weight excluding hydrogens is 390 g/mol. The lowest BCUT2D eigenvalue weighted by molar-refractivity contribution is 0.112. The summed E-state index contributed by atoms with van der Waals surface area (Å²) >= 11 is 3.40. The van der Waals surface area contributed by atoms with E-state index in [0.717, 1.165) is 22.5 Å². The Labute approximate surface area is 163 Å². The van der Waals surface area contributed by atoms with E-state index in [1.807, 2.05) is 60.7 Å². The first kappa shape index (κ1) is 18.5. The van der Waals surface area contributed by atoms with Gasteiger partial charge in [0.15, 0.2) is 0 Å². The molecule has 1 atom stereocenters. The summed E-state index contributed by atoms with van der Waals surface area (Å²) in [6.07, 6.45) is -0.595. The molecule has 26 heavy (non-hydrogen) atoms. The van der Waals surface area contributed by atoms with Crippen LogP contribution in [0.2, 0.25) is 0 Å². The van der Waals surface area contributed by atoms with Crippen LogP contribution in [0.3, 0.4) is 0 Å². The van der Waals surface area contributed by atoms with Crippen LogP contribution in [0.25, 0.3) is 0 Å². The number of hydrogen-bond acceptors (Lipinski definition) is 3. The van der Waals surface area contributed by atoms with Crippen LogP contribution in [0.1, 0.15) is 5.56 Å². The molecule has 134 valence electrons. The second-order valence-corrected chi connectivity index (χ2v) is 7.04. The number of anilines is 1. The monoisotopic (exact) mass is 411 g/mol. The molecule has 3 aromatic carbocycles. The van der Waals surface area contributed by atoms with Crippen molar-refractivity contribution in [3.05, 3.63) is 95.0 Å². The Morgan fingerprint density at radius 2 is 1.46 bits per heavy atom. The third kappa shape index (κ3) is 5.61. The Kier molecular flexibility index (Phi) is 6.69. The molecule has 3 nitrogen and oxygen atoms in total. The van der Waals surface area contributed by atoms with Gasteiger partial charge in [0.2, 0.25) is 0 Å². The second kappa shape index (κ2) is 9.41. The van der Waals surface area contributed by atoms with Gasteiger partial charge in [-0.15, -0.1) is 0 Å². The summed E-state index contributed by atoms with van der Waals surface area (Å²) in [4.78, 5) is 2.17. The lowest BCUT2D eigenvalue weighted by Gasteiger charge is -2.27. The minimum absolute atomic E-state index is 0.250. The fourth-order valence-electron chi connectivity index (χ4n) is 2.73. The maximum atomic E-state index is 10.5. The molecule has 3 rings (SSSR count). The number of para-hydroxylation sites is 1. The van der Waals surface area contributed by atoms with Crippen LogP contribution >= 0.6 is 15.9 Å². The first-order valence-electron chi connectivity index (χ1n) is 8.61. The summed E-state index contributed by atoms with van der Waals surface area (Å²) in [6, 6.07) is 28.0. The number of nitrogens with zero attached hydrogens (tertiary/aromatic N) is 1. The number of hydrogen-bond donors (Lipinski definition) is 1. The van der Waals surface area contributed by atoms with Gasteiger partial charge in [-0.25, -0.2) is 0 Å². The Bertz CT molecular complexity index is 778. The molecule has 0 spiro atoms. The molecule has 0 fully saturated rings. The number of ether oxygens (including phenoxy) is 1. The zero-order valence-corrected chi connectivity index (χ0v) is 16.0.